The van der Waals surface area contributed by atoms with Crippen molar-refractivity contribution in [2.75, 3.05) is 11.1 Å². The maximum absolute atomic E-state index is 12.1. The van der Waals surface area contributed by atoms with Gasteiger partial charge in [-0.1, -0.05) is 30.3 Å². The van der Waals surface area contributed by atoms with Gasteiger partial charge < -0.3 is 11.1 Å². The summed E-state index contributed by atoms with van der Waals surface area (Å²) in [7, 11) is 0. The lowest BCUT2D eigenvalue weighted by Crippen LogP contribution is -2.12. The van der Waals surface area contributed by atoms with Crippen molar-refractivity contribution in [2.45, 2.75) is 0 Å². The summed E-state index contributed by atoms with van der Waals surface area (Å²) < 4.78 is 0. The third-order valence-corrected chi connectivity index (χ3v) is 3.29. The molecule has 0 aliphatic rings. The van der Waals surface area contributed by atoms with Crippen molar-refractivity contribution >= 4 is 17.4 Å². The third kappa shape index (κ3) is 3.12. The second-order valence-corrected chi connectivity index (χ2v) is 4.87. The number of hydrogen-bond donors (Lipinski definition) is 2. The van der Waals surface area contributed by atoms with Crippen LogP contribution in [-0.2, 0) is 0 Å². The standard InChI is InChI=1S/C18H15N3O/c19-16-9-6-14(7-10-16)18(22)21-17-11-8-15(12-20-17)13-4-2-1-3-5-13/h1-12H,19H2,(H,20,21,22). The average molecular weight is 289 g/mol. The summed E-state index contributed by atoms with van der Waals surface area (Å²) in [6.07, 6.45) is 1.74. The van der Waals surface area contributed by atoms with E-state index in [2.05, 4.69) is 10.3 Å². The number of nitrogen functional groups attached to an aromatic ring is 1. The Bertz CT molecular complexity index is 766. The molecule has 0 spiro atoms. The lowest BCUT2D eigenvalue weighted by atomic mass is 10.1. The molecule has 3 rings (SSSR count). The lowest BCUT2D eigenvalue weighted by molar-refractivity contribution is 0.102. The molecule has 3 aromatic rings. The molecule has 2 aromatic carbocycles. The Labute approximate surface area is 128 Å². The first-order valence-corrected chi connectivity index (χ1v) is 6.91. The van der Waals surface area contributed by atoms with Crippen molar-refractivity contribution < 1.29 is 4.79 Å². The van der Waals surface area contributed by atoms with Gasteiger partial charge in [-0.2, -0.15) is 0 Å². The monoisotopic (exact) mass is 289 g/mol. The van der Waals surface area contributed by atoms with Crippen LogP contribution in [0.3, 0.4) is 0 Å². The number of anilines is 2. The second kappa shape index (κ2) is 6.10. The fourth-order valence-electron chi connectivity index (χ4n) is 2.09. The molecular formula is C18H15N3O. The minimum atomic E-state index is -0.208. The minimum absolute atomic E-state index is 0.208. The van der Waals surface area contributed by atoms with Gasteiger partial charge in [0.2, 0.25) is 0 Å². The van der Waals surface area contributed by atoms with Gasteiger partial charge in [-0.05, 0) is 42.0 Å². The number of aromatic nitrogens is 1. The summed E-state index contributed by atoms with van der Waals surface area (Å²) in [5, 5.41) is 2.77. The summed E-state index contributed by atoms with van der Waals surface area (Å²) in [5.41, 5.74) is 8.87. The predicted molar refractivity (Wildman–Crippen MR) is 88.5 cm³/mol. The fraction of sp³-hybridized carbons (Fsp3) is 0. The largest absolute Gasteiger partial charge is 0.399 e. The number of nitrogens with one attached hydrogen (secondary N) is 1. The molecule has 4 heteroatoms. The number of amides is 1. The molecule has 0 aliphatic heterocycles. The third-order valence-electron chi connectivity index (χ3n) is 3.29. The van der Waals surface area contributed by atoms with Gasteiger partial charge in [0, 0.05) is 23.0 Å². The van der Waals surface area contributed by atoms with Crippen molar-refractivity contribution in [3.63, 3.8) is 0 Å². The second-order valence-electron chi connectivity index (χ2n) is 4.87. The number of carbonyl (C=O) groups is 1. The van der Waals surface area contributed by atoms with Crippen molar-refractivity contribution in [1.29, 1.82) is 0 Å². The van der Waals surface area contributed by atoms with Crippen LogP contribution in [0.15, 0.2) is 72.9 Å². The van der Waals surface area contributed by atoms with E-state index in [-0.39, 0.29) is 5.91 Å². The summed E-state index contributed by atoms with van der Waals surface area (Å²) in [4.78, 5) is 16.4. The summed E-state index contributed by atoms with van der Waals surface area (Å²) >= 11 is 0. The lowest BCUT2D eigenvalue weighted by Gasteiger charge is -2.06. The molecule has 0 atom stereocenters. The SMILES string of the molecule is Nc1ccc(C(=O)Nc2ccc(-c3ccccc3)cn2)cc1. The molecule has 0 saturated heterocycles. The van der Waals surface area contributed by atoms with Crippen LogP contribution in [0, 0.1) is 0 Å². The van der Waals surface area contributed by atoms with E-state index >= 15 is 0 Å². The highest BCUT2D eigenvalue weighted by Gasteiger charge is 2.06. The number of pyridine rings is 1. The molecule has 1 heterocycles. The van der Waals surface area contributed by atoms with E-state index in [1.54, 1.807) is 36.5 Å². The first-order chi connectivity index (χ1) is 10.7. The van der Waals surface area contributed by atoms with Crippen molar-refractivity contribution in [3.05, 3.63) is 78.5 Å². The number of carbonyl (C=O) groups excluding carboxylic acids is 1. The van der Waals surface area contributed by atoms with Gasteiger partial charge in [0.25, 0.3) is 5.91 Å². The smallest absolute Gasteiger partial charge is 0.256 e. The van der Waals surface area contributed by atoms with Crippen LogP contribution in [0.1, 0.15) is 10.4 Å². The Morgan fingerprint density at radius 1 is 0.864 bits per heavy atom. The quantitative estimate of drug-likeness (QED) is 0.724. The number of nitrogens with two attached hydrogens (primary N) is 1. The van der Waals surface area contributed by atoms with Gasteiger partial charge in [0.1, 0.15) is 5.82 Å². The normalized spacial score (nSPS) is 10.2. The van der Waals surface area contributed by atoms with Crippen LogP contribution in [0.25, 0.3) is 11.1 Å². The van der Waals surface area contributed by atoms with Crippen LogP contribution < -0.4 is 11.1 Å². The Kier molecular flexibility index (Phi) is 3.83. The van der Waals surface area contributed by atoms with Crippen LogP contribution in [0.2, 0.25) is 0 Å². The molecule has 22 heavy (non-hydrogen) atoms. The van der Waals surface area contributed by atoms with E-state index in [0.717, 1.165) is 11.1 Å². The van der Waals surface area contributed by atoms with E-state index in [0.29, 0.717) is 17.1 Å². The predicted octanol–water partition coefficient (Wildman–Crippen LogP) is 3.58. The molecule has 0 fully saturated rings. The molecule has 0 saturated carbocycles. The Hall–Kier alpha value is -3.14. The molecule has 0 unspecified atom stereocenters. The Morgan fingerprint density at radius 3 is 2.23 bits per heavy atom. The van der Waals surface area contributed by atoms with Gasteiger partial charge in [0.05, 0.1) is 0 Å². The van der Waals surface area contributed by atoms with Crippen molar-refractivity contribution in [3.8, 4) is 11.1 Å². The van der Waals surface area contributed by atoms with Crippen molar-refractivity contribution in [1.82, 2.24) is 4.98 Å². The van der Waals surface area contributed by atoms with E-state index in [1.165, 1.54) is 0 Å². The number of benzene rings is 2. The maximum Gasteiger partial charge on any atom is 0.256 e. The summed E-state index contributed by atoms with van der Waals surface area (Å²) in [6.45, 7) is 0. The van der Waals surface area contributed by atoms with Gasteiger partial charge in [-0.3, -0.25) is 4.79 Å². The topological polar surface area (TPSA) is 68.0 Å². The highest BCUT2D eigenvalue weighted by Crippen LogP contribution is 2.19. The van der Waals surface area contributed by atoms with Gasteiger partial charge in [-0.25, -0.2) is 4.98 Å². The van der Waals surface area contributed by atoms with Crippen LogP contribution in [0.5, 0.6) is 0 Å². The highest BCUT2D eigenvalue weighted by molar-refractivity contribution is 6.03. The van der Waals surface area contributed by atoms with Crippen molar-refractivity contribution in [2.24, 2.45) is 0 Å². The van der Waals surface area contributed by atoms with Crippen LogP contribution in [-0.4, -0.2) is 10.9 Å². The Morgan fingerprint density at radius 2 is 1.59 bits per heavy atom. The van der Waals surface area contributed by atoms with Gasteiger partial charge in [-0.15, -0.1) is 0 Å². The minimum Gasteiger partial charge on any atom is -0.399 e. The Balaban J connectivity index is 1.73. The number of hydrogen-bond acceptors (Lipinski definition) is 3. The zero-order valence-corrected chi connectivity index (χ0v) is 11.9. The van der Waals surface area contributed by atoms with Crippen LogP contribution in [0.4, 0.5) is 11.5 Å². The fourth-order valence-corrected chi connectivity index (χ4v) is 2.09. The summed E-state index contributed by atoms with van der Waals surface area (Å²) in [5.74, 6) is 0.307. The van der Waals surface area contributed by atoms with E-state index in [1.807, 2.05) is 36.4 Å². The zero-order chi connectivity index (χ0) is 15.4. The van der Waals surface area contributed by atoms with Gasteiger partial charge >= 0.3 is 0 Å². The zero-order valence-electron chi connectivity index (χ0n) is 11.9. The van der Waals surface area contributed by atoms with E-state index < -0.39 is 0 Å². The highest BCUT2D eigenvalue weighted by atomic mass is 16.1. The maximum atomic E-state index is 12.1. The molecule has 3 N–H and O–H groups in total. The van der Waals surface area contributed by atoms with E-state index in [9.17, 15) is 4.79 Å². The molecule has 108 valence electrons. The average Bonchev–Trinajstić information content (AvgIpc) is 2.57. The molecule has 0 radical (unpaired) electrons. The molecule has 1 aromatic heterocycles. The molecule has 4 nitrogen and oxygen atoms in total. The number of nitrogens with zero attached hydrogens (tertiary/aromatic N) is 1. The first-order valence-electron chi connectivity index (χ1n) is 6.91. The molecular weight excluding hydrogens is 274 g/mol. The first kappa shape index (κ1) is 13.8. The summed E-state index contributed by atoms with van der Waals surface area (Å²) in [6, 6.07) is 20.4. The molecule has 0 bridgehead atoms. The molecule has 0 aliphatic carbocycles. The number of rotatable bonds is 3. The molecule has 1 amide bonds. The van der Waals surface area contributed by atoms with Crippen LogP contribution >= 0.6 is 0 Å². The van der Waals surface area contributed by atoms with E-state index in [4.69, 9.17) is 5.73 Å². The van der Waals surface area contributed by atoms with Gasteiger partial charge in [0.15, 0.2) is 0 Å².